The van der Waals surface area contributed by atoms with Gasteiger partial charge in [-0.3, -0.25) is 4.39 Å². The molecule has 1 heterocycles. The van der Waals surface area contributed by atoms with Crippen molar-refractivity contribution in [1.82, 2.24) is 26.0 Å². The molecule has 1 rings (SSSR count). The van der Waals surface area contributed by atoms with Crippen molar-refractivity contribution in [2.24, 2.45) is 16.8 Å². The number of rotatable bonds is 7. The standard InChI is InChI=1S/C9H19FN8S2/c1-9(7(13-11)14-12,8-15-17-18-16-8)4-6(20)5(19)2-3-10/h5-6,19-20H,2-4,11-12H2,1H3,(H,13,14)(H,15,16,17,18). The second kappa shape index (κ2) is 7.64. The molecule has 1 aromatic rings. The van der Waals surface area contributed by atoms with Gasteiger partial charge >= 0.3 is 0 Å². The van der Waals surface area contributed by atoms with Crippen molar-refractivity contribution >= 4 is 31.1 Å². The number of hydrogen-bond acceptors (Lipinski definition) is 8. The van der Waals surface area contributed by atoms with E-state index in [1.54, 1.807) is 6.92 Å². The molecule has 114 valence electrons. The highest BCUT2D eigenvalue weighted by Crippen LogP contribution is 2.31. The van der Waals surface area contributed by atoms with E-state index in [4.69, 9.17) is 11.7 Å². The Morgan fingerprint density at radius 1 is 1.55 bits per heavy atom. The molecule has 3 unspecified atom stereocenters. The number of nitrogens with one attached hydrogen (secondary N) is 2. The SMILES string of the molecule is CC(CC(S)C(S)CCF)(/C(=N/N)NN)c1nn[nH]n1. The minimum atomic E-state index is -0.833. The molecule has 0 bridgehead atoms. The summed E-state index contributed by atoms with van der Waals surface area (Å²) in [7, 11) is 0. The molecule has 0 aliphatic heterocycles. The van der Waals surface area contributed by atoms with Crippen LogP contribution in [0.5, 0.6) is 0 Å². The molecule has 6 N–H and O–H groups in total. The molecule has 11 heteroatoms. The molecular weight excluding hydrogens is 303 g/mol. The fourth-order valence-corrected chi connectivity index (χ4v) is 2.60. The van der Waals surface area contributed by atoms with Crippen molar-refractivity contribution in [3.05, 3.63) is 5.82 Å². The number of tetrazole rings is 1. The summed E-state index contributed by atoms with van der Waals surface area (Å²) in [5, 5.41) is 16.9. The van der Waals surface area contributed by atoms with E-state index in [1.165, 1.54) is 0 Å². The van der Waals surface area contributed by atoms with Crippen LogP contribution in [0.3, 0.4) is 0 Å². The van der Waals surface area contributed by atoms with Crippen molar-refractivity contribution < 1.29 is 4.39 Å². The van der Waals surface area contributed by atoms with Gasteiger partial charge in [-0.05, 0) is 19.8 Å². The summed E-state index contributed by atoms with van der Waals surface area (Å²) in [6, 6.07) is 0. The normalized spacial score (nSPS) is 18.4. The van der Waals surface area contributed by atoms with Gasteiger partial charge in [-0.25, -0.2) is 5.84 Å². The number of alkyl halides is 1. The zero-order valence-corrected chi connectivity index (χ0v) is 12.8. The third-order valence-corrected chi connectivity index (χ3v) is 4.49. The fraction of sp³-hybridized carbons (Fsp3) is 0.778. The first-order valence-corrected chi connectivity index (χ1v) is 6.93. The number of halogens is 1. The highest BCUT2D eigenvalue weighted by molar-refractivity contribution is 7.85. The summed E-state index contributed by atoms with van der Waals surface area (Å²) in [4.78, 5) is 0. The molecule has 1 aromatic heterocycles. The van der Waals surface area contributed by atoms with Crippen LogP contribution in [0.15, 0.2) is 5.10 Å². The number of thiol groups is 2. The van der Waals surface area contributed by atoms with E-state index in [1.807, 2.05) is 0 Å². The smallest absolute Gasteiger partial charge is 0.188 e. The molecule has 0 aromatic carbocycles. The summed E-state index contributed by atoms with van der Waals surface area (Å²) < 4.78 is 12.4. The Hall–Kier alpha value is -1.07. The lowest BCUT2D eigenvalue weighted by Gasteiger charge is -2.31. The topological polar surface area (TPSA) is 131 Å². The van der Waals surface area contributed by atoms with E-state index in [-0.39, 0.29) is 16.3 Å². The molecule has 0 amide bonds. The Balaban J connectivity index is 3.01. The lowest BCUT2D eigenvalue weighted by molar-refractivity contribution is 0.444. The van der Waals surface area contributed by atoms with Gasteiger partial charge in [0.15, 0.2) is 5.82 Å². The lowest BCUT2D eigenvalue weighted by atomic mass is 9.82. The van der Waals surface area contributed by atoms with E-state index in [0.717, 1.165) is 0 Å². The van der Waals surface area contributed by atoms with E-state index in [0.29, 0.717) is 18.7 Å². The van der Waals surface area contributed by atoms with Crippen LogP contribution in [-0.2, 0) is 5.41 Å². The number of hydrazine groups is 1. The maximum atomic E-state index is 12.4. The predicted molar refractivity (Wildman–Crippen MR) is 81.2 cm³/mol. The van der Waals surface area contributed by atoms with Gasteiger partial charge in [0.05, 0.1) is 12.1 Å². The molecule has 0 saturated heterocycles. The van der Waals surface area contributed by atoms with E-state index < -0.39 is 12.1 Å². The number of aromatic amines is 1. The molecule has 0 aliphatic carbocycles. The molecule has 0 aliphatic rings. The number of H-pyrrole nitrogens is 1. The first-order chi connectivity index (χ1) is 9.49. The van der Waals surface area contributed by atoms with Crippen molar-refractivity contribution in [3.63, 3.8) is 0 Å². The zero-order valence-electron chi connectivity index (χ0n) is 11.0. The van der Waals surface area contributed by atoms with Crippen molar-refractivity contribution in [3.8, 4) is 0 Å². The van der Waals surface area contributed by atoms with Crippen LogP contribution in [0.1, 0.15) is 25.6 Å². The number of aromatic nitrogens is 4. The molecule has 8 nitrogen and oxygen atoms in total. The van der Waals surface area contributed by atoms with E-state index in [9.17, 15) is 4.39 Å². The van der Waals surface area contributed by atoms with Crippen molar-refractivity contribution in [1.29, 1.82) is 0 Å². The first kappa shape index (κ1) is 17.0. The Morgan fingerprint density at radius 2 is 2.25 bits per heavy atom. The molecule has 0 spiro atoms. The largest absolute Gasteiger partial charge is 0.322 e. The first-order valence-electron chi connectivity index (χ1n) is 5.90. The van der Waals surface area contributed by atoms with E-state index >= 15 is 0 Å². The monoisotopic (exact) mass is 322 g/mol. The number of nitrogens with two attached hydrogens (primary N) is 2. The fourth-order valence-electron chi connectivity index (χ4n) is 1.89. The van der Waals surface area contributed by atoms with Crippen molar-refractivity contribution in [2.75, 3.05) is 6.67 Å². The van der Waals surface area contributed by atoms with Crippen LogP contribution in [0.4, 0.5) is 4.39 Å². The van der Waals surface area contributed by atoms with Gasteiger partial charge in [0.1, 0.15) is 5.84 Å². The minimum absolute atomic E-state index is 0.230. The van der Waals surface area contributed by atoms with Gasteiger partial charge in [-0.1, -0.05) is 5.21 Å². The number of hydrazone groups is 1. The van der Waals surface area contributed by atoms with Crippen molar-refractivity contribution in [2.45, 2.75) is 35.7 Å². The zero-order chi connectivity index (χ0) is 15.2. The molecule has 3 atom stereocenters. The summed E-state index contributed by atoms with van der Waals surface area (Å²) in [5.41, 5.74) is 1.59. The number of amidine groups is 1. The molecule has 0 saturated carbocycles. The second-order valence-electron chi connectivity index (χ2n) is 4.51. The number of nitrogens with zero attached hydrogens (tertiary/aromatic N) is 4. The molecule has 0 radical (unpaired) electrons. The average Bonchev–Trinajstić information content (AvgIpc) is 2.94. The van der Waals surface area contributed by atoms with Gasteiger partial charge in [-0.15, -0.1) is 10.2 Å². The van der Waals surface area contributed by atoms with Crippen LogP contribution in [-0.4, -0.2) is 43.6 Å². The van der Waals surface area contributed by atoms with Crippen LogP contribution >= 0.6 is 25.3 Å². The molecular formula is C9H19FN8S2. The summed E-state index contributed by atoms with van der Waals surface area (Å²) in [6.45, 7) is 1.33. The van der Waals surface area contributed by atoms with Gasteiger partial charge in [0.25, 0.3) is 0 Å². The van der Waals surface area contributed by atoms with Gasteiger partial charge < -0.3 is 11.3 Å². The minimum Gasteiger partial charge on any atom is -0.322 e. The Bertz CT molecular complexity index is 428. The number of hydrogen-bond donors (Lipinski definition) is 6. The third kappa shape index (κ3) is 3.73. The van der Waals surface area contributed by atoms with Gasteiger partial charge in [-0.2, -0.15) is 35.6 Å². The summed E-state index contributed by atoms with van der Waals surface area (Å²) in [6.07, 6.45) is 0.703. The third-order valence-electron chi connectivity index (χ3n) is 3.09. The second-order valence-corrected chi connectivity index (χ2v) is 5.83. The van der Waals surface area contributed by atoms with Crippen LogP contribution in [0.2, 0.25) is 0 Å². The maximum Gasteiger partial charge on any atom is 0.188 e. The Kier molecular flexibility index (Phi) is 6.49. The maximum absolute atomic E-state index is 12.4. The van der Waals surface area contributed by atoms with Gasteiger partial charge in [0.2, 0.25) is 0 Å². The highest BCUT2D eigenvalue weighted by Gasteiger charge is 2.40. The van der Waals surface area contributed by atoms with E-state index in [2.05, 4.69) is 56.4 Å². The molecule has 0 fully saturated rings. The highest BCUT2D eigenvalue weighted by atomic mass is 32.1. The van der Waals surface area contributed by atoms with Crippen LogP contribution in [0.25, 0.3) is 0 Å². The van der Waals surface area contributed by atoms with Crippen LogP contribution in [0, 0.1) is 0 Å². The summed E-state index contributed by atoms with van der Waals surface area (Å²) >= 11 is 8.80. The quantitative estimate of drug-likeness (QED) is 0.132. The summed E-state index contributed by atoms with van der Waals surface area (Å²) in [5.74, 6) is 11.4. The Labute approximate surface area is 127 Å². The van der Waals surface area contributed by atoms with Crippen LogP contribution < -0.4 is 17.1 Å². The van der Waals surface area contributed by atoms with Gasteiger partial charge in [0, 0.05) is 10.5 Å². The average molecular weight is 322 g/mol. The Morgan fingerprint density at radius 3 is 2.70 bits per heavy atom. The lowest BCUT2D eigenvalue weighted by Crippen LogP contribution is -2.49. The predicted octanol–water partition coefficient (Wildman–Crippen LogP) is -0.461. The molecule has 20 heavy (non-hydrogen) atoms.